The summed E-state index contributed by atoms with van der Waals surface area (Å²) < 4.78 is 33.1. The van der Waals surface area contributed by atoms with Gasteiger partial charge in [0.1, 0.15) is 10.6 Å². The fourth-order valence-electron chi connectivity index (χ4n) is 2.76. The number of nitrogens with zero attached hydrogens (tertiary/aromatic N) is 2. The first-order valence-corrected chi connectivity index (χ1v) is 9.40. The zero-order chi connectivity index (χ0) is 17.9. The van der Waals surface area contributed by atoms with Crippen LogP contribution in [0.5, 0.6) is 5.75 Å². The van der Waals surface area contributed by atoms with Crippen molar-refractivity contribution in [3.05, 3.63) is 48.3 Å². The van der Waals surface area contributed by atoms with Crippen molar-refractivity contribution in [2.75, 3.05) is 24.9 Å². The summed E-state index contributed by atoms with van der Waals surface area (Å²) in [5.74, 6) is 0.170. The maximum Gasteiger partial charge on any atom is 0.262 e. The molecule has 1 aliphatic heterocycles. The van der Waals surface area contributed by atoms with Gasteiger partial charge in [-0.3, -0.25) is 14.5 Å². The predicted octanol–water partition coefficient (Wildman–Crippen LogP) is 2.13. The number of methoxy groups -OCH3 is 1. The van der Waals surface area contributed by atoms with E-state index in [1.807, 2.05) is 0 Å². The van der Waals surface area contributed by atoms with Crippen molar-refractivity contribution < 1.29 is 17.9 Å². The van der Waals surface area contributed by atoms with Gasteiger partial charge in [-0.15, -0.1) is 0 Å². The highest BCUT2D eigenvalue weighted by molar-refractivity contribution is 7.92. The molecule has 0 radical (unpaired) electrons. The molecule has 25 heavy (non-hydrogen) atoms. The fourth-order valence-corrected chi connectivity index (χ4v) is 4.00. The summed E-state index contributed by atoms with van der Waals surface area (Å²) in [4.78, 5) is 18.2. The molecule has 132 valence electrons. The molecule has 2 heterocycles. The third-order valence-corrected chi connectivity index (χ3v) is 5.44. The number of carbonyl (C=O) groups is 1. The number of hydrogen-bond acceptors (Lipinski definition) is 5. The van der Waals surface area contributed by atoms with Crippen molar-refractivity contribution in [1.82, 2.24) is 9.88 Å². The third kappa shape index (κ3) is 3.74. The van der Waals surface area contributed by atoms with Gasteiger partial charge in [0.2, 0.25) is 0 Å². The lowest BCUT2D eigenvalue weighted by molar-refractivity contribution is 0.0789. The van der Waals surface area contributed by atoms with Gasteiger partial charge >= 0.3 is 0 Å². The van der Waals surface area contributed by atoms with Gasteiger partial charge in [-0.25, -0.2) is 8.42 Å². The summed E-state index contributed by atoms with van der Waals surface area (Å²) in [7, 11) is -2.47. The summed E-state index contributed by atoms with van der Waals surface area (Å²) in [6.45, 7) is 1.31. The van der Waals surface area contributed by atoms with Gasteiger partial charge in [-0.05, 0) is 25.0 Å². The van der Waals surface area contributed by atoms with Gasteiger partial charge in [-0.1, -0.05) is 12.1 Å². The number of rotatable bonds is 5. The second-order valence-corrected chi connectivity index (χ2v) is 7.37. The average molecular weight is 361 g/mol. The number of ether oxygens (including phenoxy) is 1. The highest BCUT2D eigenvalue weighted by Gasteiger charge is 2.27. The summed E-state index contributed by atoms with van der Waals surface area (Å²) in [6.07, 6.45) is 4.73. The maximum atomic E-state index is 12.8. The van der Waals surface area contributed by atoms with E-state index in [4.69, 9.17) is 4.74 Å². The zero-order valence-electron chi connectivity index (χ0n) is 13.8. The molecule has 1 saturated heterocycles. The van der Waals surface area contributed by atoms with E-state index in [1.165, 1.54) is 31.6 Å². The molecule has 0 aliphatic carbocycles. The molecule has 1 fully saturated rings. The molecule has 0 spiro atoms. The van der Waals surface area contributed by atoms with E-state index in [-0.39, 0.29) is 22.1 Å². The monoisotopic (exact) mass is 361 g/mol. The van der Waals surface area contributed by atoms with E-state index >= 15 is 0 Å². The van der Waals surface area contributed by atoms with Gasteiger partial charge in [0.25, 0.3) is 15.9 Å². The Morgan fingerprint density at radius 1 is 1.20 bits per heavy atom. The summed E-state index contributed by atoms with van der Waals surface area (Å²) in [5.41, 5.74) is 0.440. The molecule has 0 atom stereocenters. The minimum Gasteiger partial charge on any atom is -0.495 e. The molecule has 0 unspecified atom stereocenters. The van der Waals surface area contributed by atoms with Crippen molar-refractivity contribution in [2.45, 2.75) is 17.7 Å². The number of nitrogens with one attached hydrogen (secondary N) is 1. The number of sulfonamides is 1. The molecule has 2 aromatic rings. The fraction of sp³-hybridized carbons (Fsp3) is 0.294. The SMILES string of the molecule is COc1cncc(NS(=O)(=O)c2ccccc2C(=O)N2CCCC2)c1. The molecule has 0 saturated carbocycles. The summed E-state index contributed by atoms with van der Waals surface area (Å²) in [5, 5.41) is 0. The van der Waals surface area contributed by atoms with Crippen LogP contribution in [0.4, 0.5) is 5.69 Å². The van der Waals surface area contributed by atoms with E-state index in [1.54, 1.807) is 23.1 Å². The normalized spacial score (nSPS) is 14.4. The van der Waals surface area contributed by atoms with Crippen LogP contribution in [0.2, 0.25) is 0 Å². The lowest BCUT2D eigenvalue weighted by Gasteiger charge is -2.18. The van der Waals surface area contributed by atoms with Gasteiger partial charge in [-0.2, -0.15) is 0 Å². The molecule has 3 rings (SSSR count). The van der Waals surface area contributed by atoms with Gasteiger partial charge in [0.15, 0.2) is 0 Å². The van der Waals surface area contributed by atoms with Crippen molar-refractivity contribution in [1.29, 1.82) is 0 Å². The summed E-state index contributed by atoms with van der Waals surface area (Å²) >= 11 is 0. The van der Waals surface area contributed by atoms with Crippen LogP contribution in [0.25, 0.3) is 0 Å². The Bertz CT molecular complexity index is 877. The van der Waals surface area contributed by atoms with E-state index in [0.29, 0.717) is 18.8 Å². The lowest BCUT2D eigenvalue weighted by Crippen LogP contribution is -2.29. The summed E-state index contributed by atoms with van der Waals surface area (Å²) in [6, 6.07) is 7.75. The van der Waals surface area contributed by atoms with Crippen LogP contribution < -0.4 is 9.46 Å². The average Bonchev–Trinajstić information content (AvgIpc) is 3.15. The quantitative estimate of drug-likeness (QED) is 0.881. The molecule has 1 aliphatic rings. The maximum absolute atomic E-state index is 12.8. The van der Waals surface area contributed by atoms with E-state index < -0.39 is 10.0 Å². The van der Waals surface area contributed by atoms with Crippen molar-refractivity contribution >= 4 is 21.6 Å². The topological polar surface area (TPSA) is 88.6 Å². The molecule has 8 heteroatoms. The molecule has 1 N–H and O–H groups in total. The Labute approximate surface area is 146 Å². The molecule has 0 bridgehead atoms. The van der Waals surface area contributed by atoms with Crippen LogP contribution in [0.3, 0.4) is 0 Å². The Morgan fingerprint density at radius 3 is 2.64 bits per heavy atom. The number of pyridine rings is 1. The van der Waals surface area contributed by atoms with Gasteiger partial charge in [0, 0.05) is 19.2 Å². The van der Waals surface area contributed by atoms with Gasteiger partial charge < -0.3 is 9.64 Å². The second kappa shape index (κ2) is 7.10. The van der Waals surface area contributed by atoms with E-state index in [0.717, 1.165) is 12.8 Å². The van der Waals surface area contributed by atoms with Crippen molar-refractivity contribution in [3.63, 3.8) is 0 Å². The highest BCUT2D eigenvalue weighted by atomic mass is 32.2. The number of hydrogen-bond donors (Lipinski definition) is 1. The van der Waals surface area contributed by atoms with Crippen LogP contribution >= 0.6 is 0 Å². The van der Waals surface area contributed by atoms with Crippen molar-refractivity contribution in [3.8, 4) is 5.75 Å². The largest absolute Gasteiger partial charge is 0.495 e. The Kier molecular flexibility index (Phi) is 4.89. The number of anilines is 1. The number of benzene rings is 1. The van der Waals surface area contributed by atoms with Crippen LogP contribution in [0.1, 0.15) is 23.2 Å². The second-order valence-electron chi connectivity index (χ2n) is 5.71. The number of likely N-dealkylation sites (tertiary alicyclic amines) is 1. The molecular weight excluding hydrogens is 342 g/mol. The molecule has 1 amide bonds. The standard InChI is InChI=1S/C17H19N3O4S/c1-24-14-10-13(11-18-12-14)19-25(22,23)16-7-3-2-6-15(16)17(21)20-8-4-5-9-20/h2-3,6-7,10-12,19H,4-5,8-9H2,1H3. The number of amides is 1. The first-order chi connectivity index (χ1) is 12.0. The number of carbonyl (C=O) groups excluding carboxylic acids is 1. The first kappa shape index (κ1) is 17.2. The minimum absolute atomic E-state index is 0.0466. The third-order valence-electron chi connectivity index (χ3n) is 4.00. The van der Waals surface area contributed by atoms with Crippen LogP contribution in [-0.4, -0.2) is 44.4 Å². The highest BCUT2D eigenvalue weighted by Crippen LogP contribution is 2.23. The van der Waals surface area contributed by atoms with Crippen LogP contribution in [0, 0.1) is 0 Å². The zero-order valence-corrected chi connectivity index (χ0v) is 14.6. The smallest absolute Gasteiger partial charge is 0.262 e. The van der Waals surface area contributed by atoms with E-state index in [9.17, 15) is 13.2 Å². The molecular formula is C17H19N3O4S. The molecule has 1 aromatic carbocycles. The lowest BCUT2D eigenvalue weighted by atomic mass is 10.2. The molecule has 1 aromatic heterocycles. The molecule has 7 nitrogen and oxygen atoms in total. The van der Waals surface area contributed by atoms with E-state index in [2.05, 4.69) is 9.71 Å². The van der Waals surface area contributed by atoms with Crippen LogP contribution in [-0.2, 0) is 10.0 Å². The predicted molar refractivity (Wildman–Crippen MR) is 93.2 cm³/mol. The van der Waals surface area contributed by atoms with Crippen LogP contribution in [0.15, 0.2) is 47.6 Å². The van der Waals surface area contributed by atoms with Crippen molar-refractivity contribution in [2.24, 2.45) is 0 Å². The van der Waals surface area contributed by atoms with Gasteiger partial charge in [0.05, 0.1) is 30.8 Å². The Hall–Kier alpha value is -2.61. The number of aromatic nitrogens is 1. The first-order valence-electron chi connectivity index (χ1n) is 7.91. The minimum atomic E-state index is -3.94. The Balaban J connectivity index is 1.93. The Morgan fingerprint density at radius 2 is 1.92 bits per heavy atom.